The van der Waals surface area contributed by atoms with Gasteiger partial charge in [0.2, 0.25) is 0 Å². The summed E-state index contributed by atoms with van der Waals surface area (Å²) in [5.41, 5.74) is 1.65. The first-order valence-corrected chi connectivity index (χ1v) is 7.31. The number of nitrogens with one attached hydrogen (secondary N) is 1. The third kappa shape index (κ3) is 3.63. The van der Waals surface area contributed by atoms with Crippen molar-refractivity contribution in [3.8, 4) is 0 Å². The summed E-state index contributed by atoms with van der Waals surface area (Å²) < 4.78 is 3.77. The fourth-order valence-electron chi connectivity index (χ4n) is 1.95. The average molecular weight is 305 g/mol. The van der Waals surface area contributed by atoms with Crippen LogP contribution in [0.15, 0.2) is 24.3 Å². The van der Waals surface area contributed by atoms with Gasteiger partial charge in [0.1, 0.15) is 4.88 Å². The summed E-state index contributed by atoms with van der Waals surface area (Å²) in [5.74, 6) is -1.17. The highest BCUT2D eigenvalue weighted by Crippen LogP contribution is 2.12. The van der Waals surface area contributed by atoms with Crippen molar-refractivity contribution in [2.24, 2.45) is 0 Å². The van der Waals surface area contributed by atoms with Crippen molar-refractivity contribution >= 4 is 23.4 Å². The fourth-order valence-corrected chi connectivity index (χ4v) is 2.62. The molecule has 0 spiro atoms. The lowest BCUT2D eigenvalue weighted by atomic mass is 10.0. The number of hydrogen-bond donors (Lipinski definition) is 2. The normalized spacial score (nSPS) is 10.3. The number of carboxylic acids is 1. The number of benzene rings is 1. The SMILES string of the molecule is CCc1nnsc1C(=O)NCCc1ccccc1C(=O)O. The maximum atomic E-state index is 12.0. The van der Waals surface area contributed by atoms with Crippen molar-refractivity contribution in [3.63, 3.8) is 0 Å². The van der Waals surface area contributed by atoms with Gasteiger partial charge in [-0.2, -0.15) is 0 Å². The van der Waals surface area contributed by atoms with Gasteiger partial charge in [-0.3, -0.25) is 4.79 Å². The van der Waals surface area contributed by atoms with Crippen molar-refractivity contribution in [3.05, 3.63) is 46.0 Å². The van der Waals surface area contributed by atoms with Crippen molar-refractivity contribution in [1.82, 2.24) is 14.9 Å². The van der Waals surface area contributed by atoms with Crippen molar-refractivity contribution in [2.75, 3.05) is 6.54 Å². The van der Waals surface area contributed by atoms with Gasteiger partial charge in [0.05, 0.1) is 11.3 Å². The second-order valence-corrected chi connectivity index (χ2v) is 5.12. The number of aryl methyl sites for hydroxylation is 1. The van der Waals surface area contributed by atoms with Crippen LogP contribution in [0.4, 0.5) is 0 Å². The number of aromatic carboxylic acids is 1. The van der Waals surface area contributed by atoms with Crippen LogP contribution in [-0.4, -0.2) is 33.1 Å². The molecular weight excluding hydrogens is 290 g/mol. The Hall–Kier alpha value is -2.28. The van der Waals surface area contributed by atoms with E-state index in [9.17, 15) is 9.59 Å². The first kappa shape index (κ1) is 15.1. The molecule has 110 valence electrons. The van der Waals surface area contributed by atoms with Crippen molar-refractivity contribution < 1.29 is 14.7 Å². The van der Waals surface area contributed by atoms with Gasteiger partial charge in [0, 0.05) is 6.54 Å². The van der Waals surface area contributed by atoms with Gasteiger partial charge < -0.3 is 10.4 Å². The zero-order valence-corrected chi connectivity index (χ0v) is 12.3. The molecule has 2 aromatic rings. The van der Waals surface area contributed by atoms with Crippen molar-refractivity contribution in [2.45, 2.75) is 19.8 Å². The Labute approximate surface area is 126 Å². The van der Waals surface area contributed by atoms with E-state index < -0.39 is 5.97 Å². The topological polar surface area (TPSA) is 92.2 Å². The highest BCUT2D eigenvalue weighted by Gasteiger charge is 2.15. The van der Waals surface area contributed by atoms with E-state index in [0.717, 1.165) is 11.5 Å². The van der Waals surface area contributed by atoms with E-state index in [1.807, 2.05) is 6.92 Å². The lowest BCUT2D eigenvalue weighted by molar-refractivity contribution is 0.0695. The molecule has 7 heteroatoms. The molecule has 0 aliphatic carbocycles. The second-order valence-electron chi connectivity index (χ2n) is 4.37. The smallest absolute Gasteiger partial charge is 0.335 e. The van der Waals surface area contributed by atoms with E-state index in [1.54, 1.807) is 24.3 Å². The van der Waals surface area contributed by atoms with Gasteiger partial charge in [-0.25, -0.2) is 4.79 Å². The molecule has 0 saturated carbocycles. The second kappa shape index (κ2) is 6.94. The molecule has 2 rings (SSSR count). The van der Waals surface area contributed by atoms with E-state index in [0.29, 0.717) is 35.5 Å². The van der Waals surface area contributed by atoms with Crippen LogP contribution in [0.3, 0.4) is 0 Å². The van der Waals surface area contributed by atoms with Gasteiger partial charge in [-0.1, -0.05) is 29.6 Å². The Kier molecular flexibility index (Phi) is 4.99. The summed E-state index contributed by atoms with van der Waals surface area (Å²) >= 11 is 1.07. The molecule has 1 aromatic carbocycles. The van der Waals surface area contributed by atoms with E-state index in [-0.39, 0.29) is 11.5 Å². The minimum atomic E-state index is -0.961. The predicted octanol–water partition coefficient (Wildman–Crippen LogP) is 1.77. The number of aromatic nitrogens is 2. The molecule has 0 saturated heterocycles. The predicted molar refractivity (Wildman–Crippen MR) is 78.7 cm³/mol. The minimum Gasteiger partial charge on any atom is -0.478 e. The van der Waals surface area contributed by atoms with Gasteiger partial charge in [-0.15, -0.1) is 5.10 Å². The van der Waals surface area contributed by atoms with E-state index in [4.69, 9.17) is 5.11 Å². The van der Waals surface area contributed by atoms with Gasteiger partial charge in [-0.05, 0) is 36.0 Å². The molecule has 0 unspecified atom stereocenters. The Morgan fingerprint density at radius 2 is 2.10 bits per heavy atom. The van der Waals surface area contributed by atoms with Gasteiger partial charge >= 0.3 is 5.97 Å². The van der Waals surface area contributed by atoms with E-state index in [2.05, 4.69) is 14.9 Å². The van der Waals surface area contributed by atoms with Crippen LogP contribution in [0.5, 0.6) is 0 Å². The average Bonchev–Trinajstić information content (AvgIpc) is 2.96. The summed E-state index contributed by atoms with van der Waals surface area (Å²) in [7, 11) is 0. The van der Waals surface area contributed by atoms with Gasteiger partial charge in [0.15, 0.2) is 0 Å². The Balaban J connectivity index is 1.96. The Morgan fingerprint density at radius 1 is 1.33 bits per heavy atom. The van der Waals surface area contributed by atoms with Gasteiger partial charge in [0.25, 0.3) is 5.91 Å². The number of hydrogen-bond acceptors (Lipinski definition) is 5. The number of amides is 1. The molecule has 0 atom stereocenters. The molecule has 1 heterocycles. The molecule has 1 aromatic heterocycles. The Bertz CT molecular complexity index is 654. The highest BCUT2D eigenvalue weighted by atomic mass is 32.1. The highest BCUT2D eigenvalue weighted by molar-refractivity contribution is 7.08. The number of carboxylic acid groups (broad SMARTS) is 1. The van der Waals surface area contributed by atoms with Crippen LogP contribution in [0.2, 0.25) is 0 Å². The first-order valence-electron chi connectivity index (χ1n) is 6.54. The lowest BCUT2D eigenvalue weighted by Crippen LogP contribution is -2.26. The van der Waals surface area contributed by atoms with Crippen LogP contribution in [0.1, 0.15) is 38.2 Å². The lowest BCUT2D eigenvalue weighted by Gasteiger charge is -2.07. The van der Waals surface area contributed by atoms with Crippen LogP contribution in [0.25, 0.3) is 0 Å². The summed E-state index contributed by atoms with van der Waals surface area (Å²) in [6.07, 6.45) is 1.11. The number of rotatable bonds is 6. The monoisotopic (exact) mass is 305 g/mol. The standard InChI is InChI=1S/C14H15N3O3S/c1-2-11-12(21-17-16-11)13(18)15-8-7-9-5-3-4-6-10(9)14(19)20/h3-6H,2,7-8H2,1H3,(H,15,18)(H,19,20). The third-order valence-corrected chi connectivity index (χ3v) is 3.79. The summed E-state index contributed by atoms with van der Waals surface area (Å²) in [6.45, 7) is 2.28. The third-order valence-electron chi connectivity index (χ3n) is 3.02. The zero-order valence-electron chi connectivity index (χ0n) is 11.5. The molecule has 6 nitrogen and oxygen atoms in total. The van der Waals surface area contributed by atoms with Crippen LogP contribution >= 0.6 is 11.5 Å². The molecule has 0 radical (unpaired) electrons. The number of nitrogens with zero attached hydrogens (tertiary/aromatic N) is 2. The maximum absolute atomic E-state index is 12.0. The Morgan fingerprint density at radius 3 is 2.81 bits per heavy atom. The van der Waals surface area contributed by atoms with Crippen LogP contribution in [0, 0.1) is 0 Å². The maximum Gasteiger partial charge on any atom is 0.335 e. The molecule has 0 aliphatic heterocycles. The molecule has 1 amide bonds. The number of carbonyl (C=O) groups excluding carboxylic acids is 1. The largest absolute Gasteiger partial charge is 0.478 e. The molecule has 0 bridgehead atoms. The molecular formula is C14H15N3O3S. The molecule has 21 heavy (non-hydrogen) atoms. The van der Waals surface area contributed by atoms with E-state index >= 15 is 0 Å². The molecule has 0 aliphatic rings. The van der Waals surface area contributed by atoms with Crippen molar-refractivity contribution in [1.29, 1.82) is 0 Å². The minimum absolute atomic E-state index is 0.213. The van der Waals surface area contributed by atoms with Crippen LogP contribution < -0.4 is 5.32 Å². The summed E-state index contributed by atoms with van der Waals surface area (Å²) in [6, 6.07) is 6.77. The quantitative estimate of drug-likeness (QED) is 0.848. The molecule has 2 N–H and O–H groups in total. The summed E-state index contributed by atoms with van der Waals surface area (Å²) in [5, 5.41) is 15.8. The van der Waals surface area contributed by atoms with Crippen LogP contribution in [-0.2, 0) is 12.8 Å². The van der Waals surface area contributed by atoms with E-state index in [1.165, 1.54) is 0 Å². The zero-order chi connectivity index (χ0) is 15.2. The fraction of sp³-hybridized carbons (Fsp3) is 0.286. The molecule has 0 fully saturated rings. The number of carbonyl (C=O) groups is 2. The first-order chi connectivity index (χ1) is 10.1. The summed E-state index contributed by atoms with van der Waals surface area (Å²) in [4.78, 5) is 23.6.